The Morgan fingerprint density at radius 3 is 2.20 bits per heavy atom. The maximum Gasteiger partial charge on any atom is 0.115 e. The first-order valence-electron chi connectivity index (χ1n) is 7.24. The molecule has 0 saturated heterocycles. The van der Waals surface area contributed by atoms with Crippen molar-refractivity contribution in [1.29, 1.82) is 0 Å². The molecule has 104 valence electrons. The molecule has 3 rings (SSSR count). The molecule has 1 fully saturated rings. The fourth-order valence-electron chi connectivity index (χ4n) is 2.48. The van der Waals surface area contributed by atoms with Gasteiger partial charge in [-0.1, -0.05) is 49.4 Å². The van der Waals surface area contributed by atoms with Gasteiger partial charge < -0.3 is 10.4 Å². The van der Waals surface area contributed by atoms with Gasteiger partial charge in [0.15, 0.2) is 0 Å². The van der Waals surface area contributed by atoms with Crippen LogP contribution >= 0.6 is 0 Å². The summed E-state index contributed by atoms with van der Waals surface area (Å²) in [5.41, 5.74) is 2.94. The van der Waals surface area contributed by atoms with Crippen molar-refractivity contribution in [3.63, 3.8) is 0 Å². The maximum atomic E-state index is 9.46. The molecule has 2 heteroatoms. The average Bonchev–Trinajstić information content (AvgIpc) is 3.20. The summed E-state index contributed by atoms with van der Waals surface area (Å²) < 4.78 is 0. The van der Waals surface area contributed by atoms with Crippen LogP contribution in [0.2, 0.25) is 0 Å². The van der Waals surface area contributed by atoms with Crippen molar-refractivity contribution in [2.45, 2.75) is 25.8 Å². The molecule has 0 amide bonds. The summed E-state index contributed by atoms with van der Waals surface area (Å²) >= 11 is 0. The zero-order chi connectivity index (χ0) is 14.0. The molecule has 1 atom stereocenters. The van der Waals surface area contributed by atoms with Gasteiger partial charge in [-0.2, -0.15) is 0 Å². The number of rotatable bonds is 5. The molecule has 0 aromatic heterocycles. The van der Waals surface area contributed by atoms with Gasteiger partial charge in [-0.25, -0.2) is 0 Å². The first-order chi connectivity index (χ1) is 9.66. The number of phenolic OH excluding ortho intramolecular Hbond substituents is 1. The fourth-order valence-corrected chi connectivity index (χ4v) is 2.48. The van der Waals surface area contributed by atoms with E-state index in [0.29, 0.717) is 11.2 Å². The second-order valence-electron chi connectivity index (χ2n) is 6.13. The number of hydrogen-bond acceptors (Lipinski definition) is 2. The van der Waals surface area contributed by atoms with Crippen LogP contribution in [0.5, 0.6) is 5.75 Å². The van der Waals surface area contributed by atoms with Crippen LogP contribution in [0.25, 0.3) is 0 Å². The van der Waals surface area contributed by atoms with E-state index in [2.05, 4.69) is 36.5 Å². The third-order valence-electron chi connectivity index (χ3n) is 4.20. The van der Waals surface area contributed by atoms with Crippen molar-refractivity contribution in [1.82, 2.24) is 5.32 Å². The van der Waals surface area contributed by atoms with E-state index in [4.69, 9.17) is 0 Å². The number of aromatic hydroxyl groups is 1. The van der Waals surface area contributed by atoms with Crippen LogP contribution in [0.4, 0.5) is 0 Å². The number of phenols is 1. The third-order valence-corrected chi connectivity index (χ3v) is 4.20. The van der Waals surface area contributed by atoms with Gasteiger partial charge in [0.25, 0.3) is 0 Å². The smallest absolute Gasteiger partial charge is 0.115 e. The van der Waals surface area contributed by atoms with Gasteiger partial charge in [-0.3, -0.25) is 0 Å². The minimum atomic E-state index is 0.189. The molecule has 2 aromatic rings. The van der Waals surface area contributed by atoms with Crippen molar-refractivity contribution >= 4 is 0 Å². The minimum Gasteiger partial charge on any atom is -0.508 e. The molecular formula is C18H21NO. The molecule has 0 heterocycles. The molecule has 1 aliphatic rings. The van der Waals surface area contributed by atoms with Crippen LogP contribution in [0, 0.1) is 5.41 Å². The lowest BCUT2D eigenvalue weighted by Crippen LogP contribution is -2.27. The molecule has 2 aromatic carbocycles. The van der Waals surface area contributed by atoms with Crippen LogP contribution in [-0.2, 0) is 0 Å². The van der Waals surface area contributed by atoms with E-state index in [9.17, 15) is 5.11 Å². The summed E-state index contributed by atoms with van der Waals surface area (Å²) in [6.07, 6.45) is 2.63. The van der Waals surface area contributed by atoms with E-state index >= 15 is 0 Å². The lowest BCUT2D eigenvalue weighted by atomic mass is 9.97. The largest absolute Gasteiger partial charge is 0.508 e. The van der Waals surface area contributed by atoms with Gasteiger partial charge in [-0.05, 0) is 41.5 Å². The molecular weight excluding hydrogens is 246 g/mol. The molecule has 0 spiro atoms. The molecule has 1 aliphatic carbocycles. The Hall–Kier alpha value is -1.80. The molecule has 2 N–H and O–H groups in total. The van der Waals surface area contributed by atoms with Gasteiger partial charge in [0, 0.05) is 6.54 Å². The second-order valence-corrected chi connectivity index (χ2v) is 6.13. The van der Waals surface area contributed by atoms with E-state index < -0.39 is 0 Å². The maximum absolute atomic E-state index is 9.46. The number of benzene rings is 2. The molecule has 2 nitrogen and oxygen atoms in total. The monoisotopic (exact) mass is 267 g/mol. The van der Waals surface area contributed by atoms with Gasteiger partial charge in [0.1, 0.15) is 5.75 Å². The normalized spacial score (nSPS) is 17.6. The third kappa shape index (κ3) is 3.02. The Balaban J connectivity index is 1.84. The summed E-state index contributed by atoms with van der Waals surface area (Å²) in [4.78, 5) is 0. The van der Waals surface area contributed by atoms with Crippen LogP contribution in [0.15, 0.2) is 54.6 Å². The molecule has 1 unspecified atom stereocenters. The van der Waals surface area contributed by atoms with E-state index in [1.807, 2.05) is 18.2 Å². The Kier molecular flexibility index (Phi) is 3.49. The lowest BCUT2D eigenvalue weighted by molar-refractivity contribution is 0.465. The van der Waals surface area contributed by atoms with E-state index in [-0.39, 0.29) is 6.04 Å². The van der Waals surface area contributed by atoms with Crippen molar-refractivity contribution in [3.05, 3.63) is 65.7 Å². The van der Waals surface area contributed by atoms with Gasteiger partial charge in [0.2, 0.25) is 0 Å². The average molecular weight is 267 g/mol. The number of hydrogen-bond donors (Lipinski definition) is 2. The molecule has 20 heavy (non-hydrogen) atoms. The topological polar surface area (TPSA) is 32.3 Å². The highest BCUT2D eigenvalue weighted by Crippen LogP contribution is 2.44. The standard InChI is InChI=1S/C18H21NO/c1-18(11-12-18)13-19-17(14-5-3-2-4-6-14)15-7-9-16(20)10-8-15/h2-10,17,19-20H,11-13H2,1H3. The fraction of sp³-hybridized carbons (Fsp3) is 0.333. The quantitative estimate of drug-likeness (QED) is 0.862. The van der Waals surface area contributed by atoms with Crippen molar-refractivity contribution in [2.24, 2.45) is 5.41 Å². The Morgan fingerprint density at radius 1 is 1.00 bits per heavy atom. The van der Waals surface area contributed by atoms with Crippen molar-refractivity contribution in [2.75, 3.05) is 6.54 Å². The first-order valence-corrected chi connectivity index (χ1v) is 7.24. The lowest BCUT2D eigenvalue weighted by Gasteiger charge is -2.22. The predicted octanol–water partition coefficient (Wildman–Crippen LogP) is 3.87. The summed E-state index contributed by atoms with van der Waals surface area (Å²) in [6.45, 7) is 3.37. The van der Waals surface area contributed by atoms with E-state index in [1.54, 1.807) is 12.1 Å². The highest BCUT2D eigenvalue weighted by atomic mass is 16.3. The summed E-state index contributed by atoms with van der Waals surface area (Å²) in [5, 5.41) is 13.2. The van der Waals surface area contributed by atoms with Crippen LogP contribution in [0.1, 0.15) is 36.9 Å². The SMILES string of the molecule is CC1(CNC(c2ccccc2)c2ccc(O)cc2)CC1. The highest BCUT2D eigenvalue weighted by molar-refractivity contribution is 5.35. The van der Waals surface area contributed by atoms with Crippen LogP contribution < -0.4 is 5.32 Å². The predicted molar refractivity (Wildman–Crippen MR) is 81.7 cm³/mol. The molecule has 0 aliphatic heterocycles. The zero-order valence-corrected chi connectivity index (χ0v) is 11.8. The molecule has 0 bridgehead atoms. The van der Waals surface area contributed by atoms with Gasteiger partial charge >= 0.3 is 0 Å². The zero-order valence-electron chi connectivity index (χ0n) is 11.8. The second kappa shape index (κ2) is 5.29. The highest BCUT2D eigenvalue weighted by Gasteiger charge is 2.37. The summed E-state index contributed by atoms with van der Waals surface area (Å²) in [5.74, 6) is 0.315. The van der Waals surface area contributed by atoms with E-state index in [1.165, 1.54) is 24.0 Å². The summed E-state index contributed by atoms with van der Waals surface area (Å²) in [7, 11) is 0. The molecule has 1 saturated carbocycles. The van der Waals surface area contributed by atoms with Crippen molar-refractivity contribution in [3.8, 4) is 5.75 Å². The minimum absolute atomic E-state index is 0.189. The van der Waals surface area contributed by atoms with Crippen LogP contribution in [-0.4, -0.2) is 11.7 Å². The van der Waals surface area contributed by atoms with E-state index in [0.717, 1.165) is 6.54 Å². The van der Waals surface area contributed by atoms with Crippen LogP contribution in [0.3, 0.4) is 0 Å². The Bertz CT molecular complexity index is 558. The first kappa shape index (κ1) is 13.2. The van der Waals surface area contributed by atoms with Gasteiger partial charge in [0.05, 0.1) is 6.04 Å². The summed E-state index contributed by atoms with van der Waals surface area (Å²) in [6, 6.07) is 18.2. The Labute approximate surface area is 120 Å². The molecule has 0 radical (unpaired) electrons. The number of nitrogens with one attached hydrogen (secondary N) is 1. The van der Waals surface area contributed by atoms with Gasteiger partial charge in [-0.15, -0.1) is 0 Å². The Morgan fingerprint density at radius 2 is 1.60 bits per heavy atom. The van der Waals surface area contributed by atoms with Crippen molar-refractivity contribution < 1.29 is 5.11 Å².